The highest BCUT2D eigenvalue weighted by Crippen LogP contribution is 2.35. The summed E-state index contributed by atoms with van der Waals surface area (Å²) in [6.07, 6.45) is 2.79. The van der Waals surface area contributed by atoms with E-state index in [0.717, 1.165) is 16.0 Å². The number of rotatable bonds is 6. The summed E-state index contributed by atoms with van der Waals surface area (Å²) in [6.45, 7) is 4.92. The predicted molar refractivity (Wildman–Crippen MR) is 112 cm³/mol. The second-order valence-electron chi connectivity index (χ2n) is 7.27. The molecule has 0 N–H and O–H groups in total. The zero-order valence-corrected chi connectivity index (χ0v) is 18.5. The van der Waals surface area contributed by atoms with Crippen molar-refractivity contribution in [2.45, 2.75) is 26.7 Å². The normalized spacial score (nSPS) is 14.6. The minimum atomic E-state index is -0.573. The highest BCUT2D eigenvalue weighted by molar-refractivity contribution is 7.18. The van der Waals surface area contributed by atoms with Crippen LogP contribution < -0.4 is 4.90 Å². The van der Waals surface area contributed by atoms with Gasteiger partial charge in [0.25, 0.3) is 0 Å². The maximum atomic E-state index is 13.0. The molecule has 0 aromatic carbocycles. The fraction of sp³-hybridized carbons (Fsp3) is 0.550. The molecule has 1 aliphatic rings. The molecule has 0 atom stereocenters. The van der Waals surface area contributed by atoms with Gasteiger partial charge in [0, 0.05) is 23.9 Å². The monoisotopic (exact) mass is 434 g/mol. The van der Waals surface area contributed by atoms with E-state index >= 15 is 0 Å². The van der Waals surface area contributed by atoms with Crippen LogP contribution in [0.5, 0.6) is 0 Å². The lowest BCUT2D eigenvalue weighted by Gasteiger charge is -2.34. The van der Waals surface area contributed by atoms with Crippen LogP contribution in [0.25, 0.3) is 10.2 Å². The van der Waals surface area contributed by atoms with E-state index in [1.165, 1.54) is 29.6 Å². The molecule has 162 valence electrons. The molecule has 0 aliphatic carbocycles. The Balaban J connectivity index is 1.71. The molecule has 30 heavy (non-hydrogen) atoms. The van der Waals surface area contributed by atoms with Gasteiger partial charge in [0.2, 0.25) is 5.91 Å². The number of carbonyl (C=O) groups excluding carboxylic acids is 3. The molecule has 9 nitrogen and oxygen atoms in total. The van der Waals surface area contributed by atoms with E-state index < -0.39 is 11.9 Å². The van der Waals surface area contributed by atoms with Gasteiger partial charge in [-0.15, -0.1) is 11.3 Å². The van der Waals surface area contributed by atoms with E-state index in [1.807, 2.05) is 0 Å². The predicted octanol–water partition coefficient (Wildman–Crippen LogP) is 1.70. The summed E-state index contributed by atoms with van der Waals surface area (Å²) in [5, 5.41) is 1.07. The second-order valence-corrected chi connectivity index (χ2v) is 8.47. The van der Waals surface area contributed by atoms with E-state index in [9.17, 15) is 14.4 Å². The van der Waals surface area contributed by atoms with Gasteiger partial charge in [0.05, 0.1) is 19.6 Å². The third kappa shape index (κ3) is 4.53. The van der Waals surface area contributed by atoms with Crippen molar-refractivity contribution in [2.24, 2.45) is 5.92 Å². The highest BCUT2D eigenvalue weighted by atomic mass is 32.1. The van der Waals surface area contributed by atoms with Gasteiger partial charge in [0.15, 0.2) is 0 Å². The minimum absolute atomic E-state index is 0.235. The van der Waals surface area contributed by atoms with E-state index in [-0.39, 0.29) is 24.9 Å². The lowest BCUT2D eigenvalue weighted by molar-refractivity contribution is -0.153. The molecule has 0 spiro atoms. The summed E-state index contributed by atoms with van der Waals surface area (Å²) in [6, 6.07) is 0. The summed E-state index contributed by atoms with van der Waals surface area (Å²) in [5.41, 5.74) is 1.19. The molecular weight excluding hydrogens is 408 g/mol. The Labute approximate surface area is 179 Å². The molecule has 1 fully saturated rings. The van der Waals surface area contributed by atoms with Crippen molar-refractivity contribution in [3.8, 4) is 0 Å². The van der Waals surface area contributed by atoms with E-state index in [0.29, 0.717) is 25.9 Å². The van der Waals surface area contributed by atoms with Crippen LogP contribution >= 0.6 is 11.3 Å². The Morgan fingerprint density at radius 2 is 1.70 bits per heavy atom. The summed E-state index contributed by atoms with van der Waals surface area (Å²) in [5.74, 6) is -0.763. The van der Waals surface area contributed by atoms with Crippen LogP contribution in [0.4, 0.5) is 5.82 Å². The van der Waals surface area contributed by atoms with Crippen LogP contribution in [-0.4, -0.2) is 73.1 Å². The summed E-state index contributed by atoms with van der Waals surface area (Å²) in [4.78, 5) is 50.8. The molecule has 0 saturated carbocycles. The number of aryl methyl sites for hydroxylation is 2. The molecule has 2 aromatic heterocycles. The molecule has 1 amide bonds. The van der Waals surface area contributed by atoms with Gasteiger partial charge in [-0.05, 0) is 32.3 Å². The van der Waals surface area contributed by atoms with Crippen molar-refractivity contribution < 1.29 is 23.9 Å². The topological polar surface area (TPSA) is 102 Å². The van der Waals surface area contributed by atoms with Crippen molar-refractivity contribution >= 4 is 45.2 Å². The van der Waals surface area contributed by atoms with Gasteiger partial charge < -0.3 is 19.3 Å². The quantitative estimate of drug-likeness (QED) is 0.633. The van der Waals surface area contributed by atoms with Gasteiger partial charge in [-0.25, -0.2) is 9.97 Å². The number of amides is 1. The zero-order valence-electron chi connectivity index (χ0n) is 17.6. The first-order valence-electron chi connectivity index (χ1n) is 9.73. The maximum absolute atomic E-state index is 13.0. The van der Waals surface area contributed by atoms with Crippen LogP contribution in [0.15, 0.2) is 6.33 Å². The van der Waals surface area contributed by atoms with Crippen LogP contribution in [0.1, 0.15) is 23.3 Å². The van der Waals surface area contributed by atoms with Gasteiger partial charge in [-0.3, -0.25) is 14.4 Å². The van der Waals surface area contributed by atoms with Crippen molar-refractivity contribution in [1.29, 1.82) is 0 Å². The number of ether oxygens (including phenoxy) is 2. The first kappa shape index (κ1) is 21.9. The van der Waals surface area contributed by atoms with Gasteiger partial charge in [-0.2, -0.15) is 0 Å². The van der Waals surface area contributed by atoms with Crippen molar-refractivity contribution in [2.75, 3.05) is 45.3 Å². The van der Waals surface area contributed by atoms with Crippen LogP contribution in [0.3, 0.4) is 0 Å². The third-order valence-electron chi connectivity index (χ3n) is 5.50. The van der Waals surface area contributed by atoms with Crippen LogP contribution in [-0.2, 0) is 23.9 Å². The minimum Gasteiger partial charge on any atom is -0.468 e. The van der Waals surface area contributed by atoms with Crippen molar-refractivity contribution in [1.82, 2.24) is 14.9 Å². The number of hydrogen-bond donors (Lipinski definition) is 0. The first-order valence-corrected chi connectivity index (χ1v) is 10.5. The summed E-state index contributed by atoms with van der Waals surface area (Å²) in [7, 11) is 2.50. The number of methoxy groups -OCH3 is 2. The van der Waals surface area contributed by atoms with Crippen molar-refractivity contribution in [3.05, 3.63) is 16.8 Å². The number of esters is 2. The molecule has 1 saturated heterocycles. The number of hydrogen-bond acceptors (Lipinski definition) is 9. The number of fused-ring (bicyclic) bond motifs is 1. The number of thiophene rings is 1. The Bertz CT molecular complexity index is 934. The molecular formula is C20H26N4O5S. The Hall–Kier alpha value is -2.75. The van der Waals surface area contributed by atoms with Crippen LogP contribution in [0.2, 0.25) is 0 Å². The summed E-state index contributed by atoms with van der Waals surface area (Å²) >= 11 is 1.66. The van der Waals surface area contributed by atoms with E-state index in [2.05, 4.69) is 38.2 Å². The molecule has 1 aliphatic heterocycles. The Kier molecular flexibility index (Phi) is 6.86. The first-order chi connectivity index (χ1) is 14.3. The third-order valence-corrected chi connectivity index (χ3v) is 6.61. The van der Waals surface area contributed by atoms with Crippen molar-refractivity contribution in [3.63, 3.8) is 0 Å². The molecule has 10 heteroatoms. The second kappa shape index (κ2) is 9.38. The average Bonchev–Trinajstić information content (AvgIpc) is 3.06. The molecule has 3 heterocycles. The SMILES string of the molecule is COC(=O)CN(CC(=O)OC)C(=O)C1CCN(c2ncnc3sc(C)c(C)c23)CC1. The average molecular weight is 435 g/mol. The lowest BCUT2D eigenvalue weighted by Crippen LogP contribution is -2.46. The number of aromatic nitrogens is 2. The standard InChI is InChI=1S/C20H26N4O5S/c1-12-13(2)30-19-17(12)18(21-11-22-19)23-7-5-14(6-8-23)20(27)24(9-15(25)28-3)10-16(26)29-4/h11,14H,5-10H2,1-4H3. The fourth-order valence-electron chi connectivity index (χ4n) is 3.65. The lowest BCUT2D eigenvalue weighted by atomic mass is 9.95. The van der Waals surface area contributed by atoms with E-state index in [4.69, 9.17) is 0 Å². The maximum Gasteiger partial charge on any atom is 0.325 e. The smallest absolute Gasteiger partial charge is 0.325 e. The van der Waals surface area contributed by atoms with Gasteiger partial charge in [-0.1, -0.05) is 0 Å². The fourth-order valence-corrected chi connectivity index (χ4v) is 4.64. The molecule has 3 rings (SSSR count). The zero-order chi connectivity index (χ0) is 21.8. The van der Waals surface area contributed by atoms with Gasteiger partial charge >= 0.3 is 11.9 Å². The Morgan fingerprint density at radius 1 is 1.10 bits per heavy atom. The number of piperidine rings is 1. The van der Waals surface area contributed by atoms with E-state index in [1.54, 1.807) is 17.7 Å². The van der Waals surface area contributed by atoms with Crippen LogP contribution in [0, 0.1) is 19.8 Å². The molecule has 0 unspecified atom stereocenters. The molecule has 0 radical (unpaired) electrons. The largest absolute Gasteiger partial charge is 0.468 e. The number of carbonyl (C=O) groups is 3. The summed E-state index contributed by atoms with van der Waals surface area (Å²) < 4.78 is 9.31. The molecule has 0 bridgehead atoms. The Morgan fingerprint density at radius 3 is 2.27 bits per heavy atom. The highest BCUT2D eigenvalue weighted by Gasteiger charge is 2.32. The van der Waals surface area contributed by atoms with Gasteiger partial charge in [0.1, 0.15) is 30.1 Å². The number of nitrogens with zero attached hydrogens (tertiary/aromatic N) is 4. The molecule has 2 aromatic rings. The number of anilines is 1.